The minimum absolute atomic E-state index is 0.159. The second-order valence-electron chi connectivity index (χ2n) is 4.41. The molecule has 5 heteroatoms. The van der Waals surface area contributed by atoms with Crippen LogP contribution >= 0.6 is 11.6 Å². The van der Waals surface area contributed by atoms with Gasteiger partial charge in [-0.05, 0) is 36.2 Å². The van der Waals surface area contributed by atoms with Crippen LogP contribution < -0.4 is 10.5 Å². The molecule has 0 aliphatic rings. The standard InChI is InChI=1S/C15H14ClF2NO/c1-20-14-6-5-9(7-12(14)18)8-13(19)15-10(16)3-2-4-11(15)17/h2-7,13H,8,19H2,1H3. The van der Waals surface area contributed by atoms with Gasteiger partial charge in [0.2, 0.25) is 0 Å². The third kappa shape index (κ3) is 3.08. The number of ether oxygens (including phenoxy) is 1. The molecule has 2 rings (SSSR count). The minimum Gasteiger partial charge on any atom is -0.494 e. The molecule has 1 atom stereocenters. The molecule has 2 nitrogen and oxygen atoms in total. The first-order valence-electron chi connectivity index (χ1n) is 6.05. The van der Waals surface area contributed by atoms with Crippen molar-refractivity contribution in [2.75, 3.05) is 7.11 Å². The van der Waals surface area contributed by atoms with Crippen molar-refractivity contribution >= 4 is 11.6 Å². The van der Waals surface area contributed by atoms with Crippen molar-refractivity contribution in [1.82, 2.24) is 0 Å². The van der Waals surface area contributed by atoms with Gasteiger partial charge in [0, 0.05) is 16.6 Å². The third-order valence-corrected chi connectivity index (χ3v) is 3.37. The predicted molar refractivity (Wildman–Crippen MR) is 75.0 cm³/mol. The summed E-state index contributed by atoms with van der Waals surface area (Å²) in [6, 6.07) is 8.28. The molecule has 2 N–H and O–H groups in total. The van der Waals surface area contributed by atoms with E-state index < -0.39 is 17.7 Å². The van der Waals surface area contributed by atoms with Gasteiger partial charge in [0.15, 0.2) is 11.6 Å². The van der Waals surface area contributed by atoms with Crippen molar-refractivity contribution in [1.29, 1.82) is 0 Å². The Labute approximate surface area is 121 Å². The summed E-state index contributed by atoms with van der Waals surface area (Å²) in [6.07, 6.45) is 0.279. The summed E-state index contributed by atoms with van der Waals surface area (Å²) in [7, 11) is 1.39. The van der Waals surface area contributed by atoms with Crippen LogP contribution in [0.4, 0.5) is 8.78 Å². The molecule has 0 aliphatic carbocycles. The number of hydrogen-bond donors (Lipinski definition) is 1. The topological polar surface area (TPSA) is 35.2 Å². The number of nitrogens with two attached hydrogens (primary N) is 1. The Hall–Kier alpha value is -1.65. The fraction of sp³-hybridized carbons (Fsp3) is 0.200. The van der Waals surface area contributed by atoms with Gasteiger partial charge < -0.3 is 10.5 Å². The second kappa shape index (κ2) is 6.20. The lowest BCUT2D eigenvalue weighted by Crippen LogP contribution is -2.15. The Morgan fingerprint density at radius 2 is 1.95 bits per heavy atom. The summed E-state index contributed by atoms with van der Waals surface area (Å²) in [4.78, 5) is 0. The predicted octanol–water partition coefficient (Wildman–Crippen LogP) is 3.87. The lowest BCUT2D eigenvalue weighted by atomic mass is 9.99. The van der Waals surface area contributed by atoms with Gasteiger partial charge >= 0.3 is 0 Å². The van der Waals surface area contributed by atoms with Crippen LogP contribution in [0.1, 0.15) is 17.2 Å². The van der Waals surface area contributed by atoms with Crippen molar-refractivity contribution in [2.24, 2.45) is 5.73 Å². The van der Waals surface area contributed by atoms with Crippen LogP contribution in [0, 0.1) is 11.6 Å². The molecule has 1 unspecified atom stereocenters. The Morgan fingerprint density at radius 1 is 1.20 bits per heavy atom. The van der Waals surface area contributed by atoms with Crippen LogP contribution in [-0.2, 0) is 6.42 Å². The molecule has 2 aromatic carbocycles. The van der Waals surface area contributed by atoms with Crippen LogP contribution in [0.5, 0.6) is 5.75 Å². The summed E-state index contributed by atoms with van der Waals surface area (Å²) in [5, 5.41) is 0.270. The minimum atomic E-state index is -0.642. The lowest BCUT2D eigenvalue weighted by Gasteiger charge is -2.15. The molecule has 0 heterocycles. The molecule has 0 spiro atoms. The highest BCUT2D eigenvalue weighted by molar-refractivity contribution is 6.31. The summed E-state index contributed by atoms with van der Waals surface area (Å²) < 4.78 is 32.2. The Morgan fingerprint density at radius 3 is 2.55 bits per heavy atom. The zero-order valence-electron chi connectivity index (χ0n) is 10.9. The van der Waals surface area contributed by atoms with Crippen molar-refractivity contribution in [2.45, 2.75) is 12.5 Å². The van der Waals surface area contributed by atoms with Gasteiger partial charge in [-0.3, -0.25) is 0 Å². The maximum Gasteiger partial charge on any atom is 0.165 e. The molecule has 0 aliphatic heterocycles. The summed E-state index contributed by atoms with van der Waals surface area (Å²) in [5.74, 6) is -0.776. The molecule has 0 saturated heterocycles. The third-order valence-electron chi connectivity index (χ3n) is 3.04. The molecular formula is C15H14ClF2NO. The monoisotopic (exact) mass is 297 g/mol. The largest absolute Gasteiger partial charge is 0.494 e. The van der Waals surface area contributed by atoms with E-state index in [0.717, 1.165) is 0 Å². The van der Waals surface area contributed by atoms with Crippen molar-refractivity contribution in [3.63, 3.8) is 0 Å². The van der Waals surface area contributed by atoms with Gasteiger partial charge in [0.1, 0.15) is 5.82 Å². The second-order valence-corrected chi connectivity index (χ2v) is 4.82. The molecule has 0 fully saturated rings. The molecule has 0 radical (unpaired) electrons. The van der Waals surface area contributed by atoms with Crippen LogP contribution in [-0.4, -0.2) is 7.11 Å². The van der Waals surface area contributed by atoms with Crippen LogP contribution in [0.25, 0.3) is 0 Å². The molecule has 0 bridgehead atoms. The van der Waals surface area contributed by atoms with E-state index in [1.807, 2.05) is 0 Å². The lowest BCUT2D eigenvalue weighted by molar-refractivity contribution is 0.386. The molecule has 106 valence electrons. The number of halogens is 3. The van der Waals surface area contributed by atoms with Gasteiger partial charge in [-0.2, -0.15) is 0 Å². The van der Waals surface area contributed by atoms with E-state index in [9.17, 15) is 8.78 Å². The Bertz CT molecular complexity index is 599. The van der Waals surface area contributed by atoms with Gasteiger partial charge in [-0.25, -0.2) is 8.78 Å². The van der Waals surface area contributed by atoms with Gasteiger partial charge in [0.25, 0.3) is 0 Å². The highest BCUT2D eigenvalue weighted by atomic mass is 35.5. The zero-order valence-corrected chi connectivity index (χ0v) is 11.6. The zero-order chi connectivity index (χ0) is 14.7. The van der Waals surface area contributed by atoms with E-state index in [-0.39, 0.29) is 22.8 Å². The average molecular weight is 298 g/mol. The van der Waals surface area contributed by atoms with Crippen molar-refractivity contribution < 1.29 is 13.5 Å². The molecule has 0 amide bonds. The van der Waals surface area contributed by atoms with E-state index in [2.05, 4.69) is 0 Å². The number of hydrogen-bond acceptors (Lipinski definition) is 2. The Kier molecular flexibility index (Phi) is 4.57. The smallest absolute Gasteiger partial charge is 0.165 e. The fourth-order valence-corrected chi connectivity index (χ4v) is 2.36. The van der Waals surface area contributed by atoms with Gasteiger partial charge in [-0.1, -0.05) is 23.7 Å². The average Bonchev–Trinajstić information content (AvgIpc) is 2.38. The van der Waals surface area contributed by atoms with E-state index in [1.54, 1.807) is 12.1 Å². The summed E-state index contributed by atoms with van der Waals surface area (Å²) in [6.45, 7) is 0. The van der Waals surface area contributed by atoms with E-state index in [1.165, 1.54) is 31.4 Å². The van der Waals surface area contributed by atoms with E-state index in [0.29, 0.717) is 5.56 Å². The summed E-state index contributed by atoms with van der Waals surface area (Å²) in [5.41, 5.74) is 6.86. The number of rotatable bonds is 4. The molecule has 2 aromatic rings. The first-order valence-corrected chi connectivity index (χ1v) is 6.42. The molecule has 0 aromatic heterocycles. The maximum absolute atomic E-state index is 13.7. The van der Waals surface area contributed by atoms with E-state index >= 15 is 0 Å². The maximum atomic E-state index is 13.7. The van der Waals surface area contributed by atoms with Crippen molar-refractivity contribution in [3.8, 4) is 5.75 Å². The molecular weight excluding hydrogens is 284 g/mol. The normalized spacial score (nSPS) is 12.2. The van der Waals surface area contributed by atoms with Gasteiger partial charge in [-0.15, -0.1) is 0 Å². The SMILES string of the molecule is COc1ccc(CC(N)c2c(F)cccc2Cl)cc1F. The number of methoxy groups -OCH3 is 1. The first kappa shape index (κ1) is 14.8. The molecule has 20 heavy (non-hydrogen) atoms. The van der Waals surface area contributed by atoms with Crippen LogP contribution in [0.15, 0.2) is 36.4 Å². The first-order chi connectivity index (χ1) is 9.52. The number of benzene rings is 2. The fourth-order valence-electron chi connectivity index (χ4n) is 2.06. The van der Waals surface area contributed by atoms with Crippen LogP contribution in [0.2, 0.25) is 5.02 Å². The quantitative estimate of drug-likeness (QED) is 0.930. The summed E-state index contributed by atoms with van der Waals surface area (Å²) >= 11 is 5.96. The van der Waals surface area contributed by atoms with Crippen molar-refractivity contribution in [3.05, 3.63) is 64.2 Å². The van der Waals surface area contributed by atoms with Gasteiger partial charge in [0.05, 0.1) is 7.11 Å². The molecule has 0 saturated carbocycles. The van der Waals surface area contributed by atoms with Crippen LogP contribution in [0.3, 0.4) is 0 Å². The highest BCUT2D eigenvalue weighted by Crippen LogP contribution is 2.27. The Balaban J connectivity index is 2.23. The van der Waals surface area contributed by atoms with E-state index in [4.69, 9.17) is 22.1 Å². The highest BCUT2D eigenvalue weighted by Gasteiger charge is 2.16.